The maximum Gasteiger partial charge on any atom is 0.407 e. The predicted octanol–water partition coefficient (Wildman–Crippen LogP) is 2.11. The standard InChI is InChI=1S/C20H25N5O4/c26-20(22-13-6-2-1-3-7-13)29-17-12-28-18-16(11-27-19(17)18)25-10-15(23-24-25)14-8-4-5-9-21-14/h4-5,8-10,13,16-19H,1-3,6-7,11-12H2,(H,22,26)/t16-,17-,18-,19+/m1/s1. The van der Waals surface area contributed by atoms with Crippen molar-refractivity contribution in [2.45, 2.75) is 62.5 Å². The quantitative estimate of drug-likeness (QED) is 0.840. The SMILES string of the molecule is O=C(NC1CCCCC1)O[C@@H]1CO[C@H]2[C@H]1OC[C@H]2n1cc(-c2ccccn2)nn1. The van der Waals surface area contributed by atoms with Gasteiger partial charge in [0.25, 0.3) is 0 Å². The average Bonchev–Trinajstić information content (AvgIpc) is 3.47. The number of aromatic nitrogens is 4. The van der Waals surface area contributed by atoms with E-state index in [0.717, 1.165) is 31.4 Å². The third-order valence-electron chi connectivity index (χ3n) is 5.94. The molecule has 4 atom stereocenters. The number of nitrogens with one attached hydrogen (secondary N) is 1. The first kappa shape index (κ1) is 18.5. The summed E-state index contributed by atoms with van der Waals surface area (Å²) < 4.78 is 19.3. The minimum atomic E-state index is -0.410. The van der Waals surface area contributed by atoms with E-state index in [0.29, 0.717) is 18.9 Å². The van der Waals surface area contributed by atoms with E-state index in [4.69, 9.17) is 14.2 Å². The second-order valence-electron chi connectivity index (χ2n) is 7.89. The first-order chi connectivity index (χ1) is 14.3. The van der Waals surface area contributed by atoms with E-state index in [1.54, 1.807) is 10.9 Å². The maximum atomic E-state index is 12.3. The summed E-state index contributed by atoms with van der Waals surface area (Å²) in [6, 6.07) is 5.77. The lowest BCUT2D eigenvalue weighted by Gasteiger charge is -2.24. The van der Waals surface area contributed by atoms with Gasteiger partial charge in [-0.3, -0.25) is 4.98 Å². The number of rotatable bonds is 4. The molecule has 1 amide bonds. The number of hydrogen-bond acceptors (Lipinski definition) is 7. The van der Waals surface area contributed by atoms with Crippen LogP contribution in [-0.4, -0.2) is 63.6 Å². The lowest BCUT2D eigenvalue weighted by atomic mass is 9.96. The Balaban J connectivity index is 1.20. The Morgan fingerprint density at radius 1 is 1.10 bits per heavy atom. The molecule has 9 heteroatoms. The fraction of sp³-hybridized carbons (Fsp3) is 0.600. The van der Waals surface area contributed by atoms with Gasteiger partial charge in [0.1, 0.15) is 23.9 Å². The van der Waals surface area contributed by atoms with Crippen LogP contribution in [0.4, 0.5) is 4.79 Å². The Labute approximate surface area is 168 Å². The van der Waals surface area contributed by atoms with Gasteiger partial charge in [-0.05, 0) is 25.0 Å². The van der Waals surface area contributed by atoms with Crippen molar-refractivity contribution in [1.82, 2.24) is 25.3 Å². The lowest BCUT2D eigenvalue weighted by molar-refractivity contribution is 0.00170. The molecule has 0 unspecified atom stereocenters. The van der Waals surface area contributed by atoms with E-state index >= 15 is 0 Å². The Bertz CT molecular complexity index is 838. The Hall–Kier alpha value is -2.52. The van der Waals surface area contributed by atoms with E-state index in [9.17, 15) is 4.79 Å². The molecule has 2 aromatic heterocycles. The van der Waals surface area contributed by atoms with Crippen molar-refractivity contribution < 1.29 is 19.0 Å². The summed E-state index contributed by atoms with van der Waals surface area (Å²) in [7, 11) is 0. The van der Waals surface area contributed by atoms with Crippen molar-refractivity contribution in [3.8, 4) is 11.4 Å². The van der Waals surface area contributed by atoms with Gasteiger partial charge < -0.3 is 19.5 Å². The monoisotopic (exact) mass is 399 g/mol. The third-order valence-corrected chi connectivity index (χ3v) is 5.94. The van der Waals surface area contributed by atoms with Crippen LogP contribution in [0.2, 0.25) is 0 Å². The summed E-state index contributed by atoms with van der Waals surface area (Å²) in [6.45, 7) is 0.760. The summed E-state index contributed by atoms with van der Waals surface area (Å²) in [5, 5.41) is 11.4. The molecule has 2 aliphatic heterocycles. The van der Waals surface area contributed by atoms with E-state index in [1.807, 2.05) is 24.4 Å². The minimum absolute atomic E-state index is 0.111. The molecule has 2 saturated heterocycles. The molecule has 0 spiro atoms. The van der Waals surface area contributed by atoms with Crippen molar-refractivity contribution in [1.29, 1.82) is 0 Å². The Kier molecular flexibility index (Phi) is 5.15. The normalized spacial score (nSPS) is 29.5. The number of carbonyl (C=O) groups excluding carboxylic acids is 1. The minimum Gasteiger partial charge on any atom is -0.441 e. The molecule has 0 radical (unpaired) electrons. The zero-order valence-electron chi connectivity index (χ0n) is 16.1. The van der Waals surface area contributed by atoms with Crippen molar-refractivity contribution in [2.75, 3.05) is 13.2 Å². The Morgan fingerprint density at radius 3 is 2.79 bits per heavy atom. The smallest absolute Gasteiger partial charge is 0.407 e. The predicted molar refractivity (Wildman–Crippen MR) is 102 cm³/mol. The second-order valence-corrected chi connectivity index (χ2v) is 7.89. The first-order valence-electron chi connectivity index (χ1n) is 10.3. The van der Waals surface area contributed by atoms with Crippen molar-refractivity contribution in [3.05, 3.63) is 30.6 Å². The molecule has 9 nitrogen and oxygen atoms in total. The number of fused-ring (bicyclic) bond motifs is 1. The number of pyridine rings is 1. The molecule has 4 heterocycles. The van der Waals surface area contributed by atoms with Gasteiger partial charge in [-0.15, -0.1) is 5.10 Å². The van der Waals surface area contributed by atoms with Crippen LogP contribution in [-0.2, 0) is 14.2 Å². The van der Waals surface area contributed by atoms with Crippen LogP contribution in [0.5, 0.6) is 0 Å². The molecule has 5 rings (SSSR count). The number of hydrogen-bond donors (Lipinski definition) is 1. The van der Waals surface area contributed by atoms with Crippen LogP contribution in [0.1, 0.15) is 38.1 Å². The molecule has 1 saturated carbocycles. The number of nitrogens with zero attached hydrogens (tertiary/aromatic N) is 4. The zero-order chi connectivity index (χ0) is 19.6. The van der Waals surface area contributed by atoms with E-state index in [-0.39, 0.29) is 30.4 Å². The highest BCUT2D eigenvalue weighted by molar-refractivity contribution is 5.68. The fourth-order valence-corrected chi connectivity index (χ4v) is 4.43. The summed E-state index contributed by atoms with van der Waals surface area (Å²) >= 11 is 0. The highest BCUT2D eigenvalue weighted by Gasteiger charge is 2.50. The molecule has 0 aromatic carbocycles. The van der Waals surface area contributed by atoms with E-state index < -0.39 is 6.10 Å². The van der Waals surface area contributed by atoms with Gasteiger partial charge >= 0.3 is 6.09 Å². The maximum absolute atomic E-state index is 12.3. The zero-order valence-corrected chi connectivity index (χ0v) is 16.1. The van der Waals surface area contributed by atoms with Crippen LogP contribution in [0.15, 0.2) is 30.6 Å². The number of ether oxygens (including phenoxy) is 3. The summed E-state index contributed by atoms with van der Waals surface area (Å²) in [6.07, 6.45) is 7.88. The highest BCUT2D eigenvalue weighted by atomic mass is 16.6. The van der Waals surface area contributed by atoms with Gasteiger partial charge in [0.05, 0.1) is 25.1 Å². The third kappa shape index (κ3) is 3.84. The average molecular weight is 399 g/mol. The summed E-state index contributed by atoms with van der Waals surface area (Å²) in [5.74, 6) is 0. The van der Waals surface area contributed by atoms with Gasteiger partial charge in [-0.1, -0.05) is 30.5 Å². The molecular formula is C20H25N5O4. The number of alkyl carbamates (subject to hydrolysis) is 1. The molecule has 154 valence electrons. The van der Waals surface area contributed by atoms with Crippen LogP contribution in [0, 0.1) is 0 Å². The van der Waals surface area contributed by atoms with Crippen LogP contribution in [0.3, 0.4) is 0 Å². The molecule has 3 fully saturated rings. The van der Waals surface area contributed by atoms with Gasteiger partial charge in [0.15, 0.2) is 6.10 Å². The van der Waals surface area contributed by atoms with E-state index in [1.165, 1.54) is 6.42 Å². The molecular weight excluding hydrogens is 374 g/mol. The van der Waals surface area contributed by atoms with Crippen LogP contribution >= 0.6 is 0 Å². The molecule has 3 aliphatic rings. The van der Waals surface area contributed by atoms with E-state index in [2.05, 4.69) is 20.6 Å². The van der Waals surface area contributed by atoms with Gasteiger partial charge in [-0.25, -0.2) is 9.48 Å². The molecule has 0 bridgehead atoms. The first-order valence-corrected chi connectivity index (χ1v) is 10.3. The summed E-state index contributed by atoms with van der Waals surface area (Å²) in [4.78, 5) is 16.6. The number of carbonyl (C=O) groups is 1. The number of amides is 1. The molecule has 1 N–H and O–H groups in total. The molecule has 1 aliphatic carbocycles. The van der Waals surface area contributed by atoms with Crippen LogP contribution in [0.25, 0.3) is 11.4 Å². The fourth-order valence-electron chi connectivity index (χ4n) is 4.43. The largest absolute Gasteiger partial charge is 0.441 e. The van der Waals surface area contributed by atoms with Gasteiger partial charge in [0.2, 0.25) is 0 Å². The lowest BCUT2D eigenvalue weighted by Crippen LogP contribution is -2.41. The Morgan fingerprint density at radius 2 is 1.97 bits per heavy atom. The molecule has 2 aromatic rings. The van der Waals surface area contributed by atoms with Crippen molar-refractivity contribution in [2.24, 2.45) is 0 Å². The van der Waals surface area contributed by atoms with Gasteiger partial charge in [0, 0.05) is 12.2 Å². The van der Waals surface area contributed by atoms with Crippen LogP contribution < -0.4 is 5.32 Å². The summed E-state index contributed by atoms with van der Waals surface area (Å²) in [5.41, 5.74) is 1.47. The van der Waals surface area contributed by atoms with Gasteiger partial charge in [-0.2, -0.15) is 0 Å². The van der Waals surface area contributed by atoms with Crippen molar-refractivity contribution >= 4 is 6.09 Å². The second kappa shape index (κ2) is 8.08. The highest BCUT2D eigenvalue weighted by Crippen LogP contribution is 2.35. The molecule has 29 heavy (non-hydrogen) atoms. The van der Waals surface area contributed by atoms with Crippen molar-refractivity contribution in [3.63, 3.8) is 0 Å². The topological polar surface area (TPSA) is 100 Å².